The Kier molecular flexibility index (Phi) is 5.85. The highest BCUT2D eigenvalue weighted by molar-refractivity contribution is 7.89. The van der Waals surface area contributed by atoms with Crippen LogP contribution in [0.1, 0.15) is 6.92 Å². The SMILES string of the molecule is C[C@H](C(=O)N(C)C)[NH+]1CCN(S(=O)(=O)c2ccc(F)c(Cl)c2)CC1. The van der Waals surface area contributed by atoms with E-state index in [1.807, 2.05) is 6.92 Å². The Bertz CT molecular complexity index is 719. The second-order valence-electron chi connectivity index (χ2n) is 6.09. The van der Waals surface area contributed by atoms with Gasteiger partial charge in [0.05, 0.1) is 36.1 Å². The molecule has 1 N–H and O–H groups in total. The minimum Gasteiger partial charge on any atom is -0.344 e. The van der Waals surface area contributed by atoms with E-state index in [1.165, 1.54) is 10.4 Å². The van der Waals surface area contributed by atoms with Crippen LogP contribution in [0.2, 0.25) is 5.02 Å². The number of carbonyl (C=O) groups is 1. The van der Waals surface area contributed by atoms with E-state index < -0.39 is 15.8 Å². The van der Waals surface area contributed by atoms with Gasteiger partial charge in [0.25, 0.3) is 5.91 Å². The molecule has 0 aromatic heterocycles. The van der Waals surface area contributed by atoms with E-state index in [4.69, 9.17) is 11.6 Å². The molecule has 1 fully saturated rings. The molecule has 24 heavy (non-hydrogen) atoms. The Morgan fingerprint density at radius 2 is 1.92 bits per heavy atom. The van der Waals surface area contributed by atoms with Crippen molar-refractivity contribution >= 4 is 27.5 Å². The molecule has 0 saturated carbocycles. The zero-order chi connectivity index (χ0) is 18.1. The van der Waals surface area contributed by atoms with Crippen LogP contribution in [0.3, 0.4) is 0 Å². The van der Waals surface area contributed by atoms with Gasteiger partial charge in [0.2, 0.25) is 10.0 Å². The maximum absolute atomic E-state index is 13.2. The zero-order valence-electron chi connectivity index (χ0n) is 13.9. The fourth-order valence-corrected chi connectivity index (χ4v) is 4.51. The van der Waals surface area contributed by atoms with Gasteiger partial charge in [-0.2, -0.15) is 4.31 Å². The molecule has 0 spiro atoms. The first-order chi connectivity index (χ1) is 11.1. The molecule has 1 aromatic rings. The Morgan fingerprint density at radius 3 is 2.42 bits per heavy atom. The van der Waals surface area contributed by atoms with Crippen molar-refractivity contribution in [1.82, 2.24) is 9.21 Å². The van der Waals surface area contributed by atoms with Crippen LogP contribution in [0.4, 0.5) is 4.39 Å². The lowest BCUT2D eigenvalue weighted by atomic mass is 10.2. The number of piperazine rings is 1. The molecule has 1 amide bonds. The van der Waals surface area contributed by atoms with Crippen LogP contribution in [0.5, 0.6) is 0 Å². The second kappa shape index (κ2) is 7.35. The third-order valence-electron chi connectivity index (χ3n) is 4.32. The standard InChI is InChI=1S/C15H21ClFN3O3S/c1-11(15(21)18(2)3)19-6-8-20(9-7-19)24(22,23)12-4-5-14(17)13(16)10-12/h4-5,10-11H,6-9H2,1-3H3/p+1/t11-/m1/s1. The van der Waals surface area contributed by atoms with E-state index in [0.29, 0.717) is 26.2 Å². The first-order valence-corrected chi connectivity index (χ1v) is 9.47. The van der Waals surface area contributed by atoms with Gasteiger partial charge in [-0.05, 0) is 25.1 Å². The van der Waals surface area contributed by atoms with E-state index in [-0.39, 0.29) is 21.9 Å². The van der Waals surface area contributed by atoms with Crippen molar-refractivity contribution in [2.75, 3.05) is 40.3 Å². The molecule has 1 aliphatic heterocycles. The Balaban J connectivity index is 2.08. The van der Waals surface area contributed by atoms with Crippen molar-refractivity contribution in [3.8, 4) is 0 Å². The zero-order valence-corrected chi connectivity index (χ0v) is 15.5. The molecule has 1 atom stereocenters. The van der Waals surface area contributed by atoms with Crippen LogP contribution in [0.15, 0.2) is 23.1 Å². The molecule has 0 radical (unpaired) electrons. The first kappa shape index (κ1) is 19.1. The summed E-state index contributed by atoms with van der Waals surface area (Å²) in [6.07, 6.45) is 0. The molecule has 0 aliphatic carbocycles. The van der Waals surface area contributed by atoms with E-state index in [9.17, 15) is 17.6 Å². The van der Waals surface area contributed by atoms with E-state index in [2.05, 4.69) is 0 Å². The minimum absolute atomic E-state index is 0.0187. The fraction of sp³-hybridized carbons (Fsp3) is 0.533. The number of carbonyl (C=O) groups excluding carboxylic acids is 1. The van der Waals surface area contributed by atoms with Gasteiger partial charge >= 0.3 is 0 Å². The van der Waals surface area contributed by atoms with Gasteiger partial charge in [-0.3, -0.25) is 4.79 Å². The average molecular weight is 379 g/mol. The number of amides is 1. The van der Waals surface area contributed by atoms with Crippen molar-refractivity contribution < 1.29 is 22.5 Å². The molecule has 1 aliphatic rings. The van der Waals surface area contributed by atoms with Crippen LogP contribution in [-0.2, 0) is 14.8 Å². The molecule has 1 heterocycles. The number of rotatable bonds is 4. The summed E-state index contributed by atoms with van der Waals surface area (Å²) in [5.41, 5.74) is 0. The number of nitrogens with one attached hydrogen (secondary N) is 1. The number of hydrogen-bond acceptors (Lipinski definition) is 3. The van der Waals surface area contributed by atoms with Gasteiger partial charge in [0.1, 0.15) is 5.82 Å². The number of halogens is 2. The number of hydrogen-bond donors (Lipinski definition) is 1. The number of quaternary nitrogens is 1. The Hall–Kier alpha value is -1.22. The predicted octanol–water partition coefficient (Wildman–Crippen LogP) is -0.155. The maximum atomic E-state index is 13.2. The largest absolute Gasteiger partial charge is 0.344 e. The summed E-state index contributed by atoms with van der Waals surface area (Å²) in [6.45, 7) is 3.53. The molecular weight excluding hydrogens is 357 g/mol. The summed E-state index contributed by atoms with van der Waals surface area (Å²) in [4.78, 5) is 14.6. The molecular formula is C15H22ClFN3O3S+. The molecule has 1 saturated heterocycles. The Morgan fingerprint density at radius 1 is 1.33 bits per heavy atom. The summed E-state index contributed by atoms with van der Waals surface area (Å²) in [5, 5.41) is -0.217. The summed E-state index contributed by atoms with van der Waals surface area (Å²) in [7, 11) is -0.302. The lowest BCUT2D eigenvalue weighted by Gasteiger charge is -2.34. The summed E-state index contributed by atoms with van der Waals surface area (Å²) >= 11 is 5.68. The van der Waals surface area contributed by atoms with Crippen molar-refractivity contribution in [1.29, 1.82) is 0 Å². The quantitative estimate of drug-likeness (QED) is 0.792. The number of nitrogens with zero attached hydrogens (tertiary/aromatic N) is 2. The van der Waals surface area contributed by atoms with E-state index in [1.54, 1.807) is 19.0 Å². The third-order valence-corrected chi connectivity index (χ3v) is 6.50. The van der Waals surface area contributed by atoms with Crippen molar-refractivity contribution in [2.45, 2.75) is 17.9 Å². The molecule has 0 bridgehead atoms. The van der Waals surface area contributed by atoms with Crippen molar-refractivity contribution in [3.63, 3.8) is 0 Å². The van der Waals surface area contributed by atoms with Gasteiger partial charge in [-0.15, -0.1) is 0 Å². The van der Waals surface area contributed by atoms with E-state index in [0.717, 1.165) is 17.0 Å². The molecule has 1 aromatic carbocycles. The van der Waals surface area contributed by atoms with Gasteiger partial charge in [0, 0.05) is 14.1 Å². The minimum atomic E-state index is -3.71. The average Bonchev–Trinajstić information content (AvgIpc) is 2.55. The monoisotopic (exact) mass is 378 g/mol. The van der Waals surface area contributed by atoms with Crippen LogP contribution >= 0.6 is 11.6 Å². The van der Waals surface area contributed by atoms with E-state index >= 15 is 0 Å². The van der Waals surface area contributed by atoms with Crippen LogP contribution in [0, 0.1) is 5.82 Å². The molecule has 6 nitrogen and oxygen atoms in total. The summed E-state index contributed by atoms with van der Waals surface area (Å²) in [5.74, 6) is -0.632. The Labute approximate surface area is 146 Å². The summed E-state index contributed by atoms with van der Waals surface area (Å²) < 4.78 is 39.8. The molecule has 9 heteroatoms. The van der Waals surface area contributed by atoms with Gasteiger partial charge in [-0.25, -0.2) is 12.8 Å². The van der Waals surface area contributed by atoms with Gasteiger partial charge in [0.15, 0.2) is 6.04 Å². The first-order valence-electron chi connectivity index (χ1n) is 7.65. The van der Waals surface area contributed by atoms with Crippen LogP contribution in [-0.4, -0.2) is 69.8 Å². The summed E-state index contributed by atoms with van der Waals surface area (Å²) in [6, 6.07) is 3.18. The normalized spacial score (nSPS) is 18.4. The van der Waals surface area contributed by atoms with Crippen LogP contribution < -0.4 is 4.90 Å². The molecule has 0 unspecified atom stereocenters. The fourth-order valence-electron chi connectivity index (χ4n) is 2.80. The number of sulfonamides is 1. The van der Waals surface area contributed by atoms with Crippen molar-refractivity contribution in [3.05, 3.63) is 29.0 Å². The number of likely N-dealkylation sites (N-methyl/N-ethyl adjacent to an activating group) is 1. The highest BCUT2D eigenvalue weighted by atomic mass is 35.5. The topological polar surface area (TPSA) is 62.1 Å². The maximum Gasteiger partial charge on any atom is 0.280 e. The lowest BCUT2D eigenvalue weighted by molar-refractivity contribution is -0.917. The van der Waals surface area contributed by atoms with Gasteiger partial charge in [-0.1, -0.05) is 11.6 Å². The molecule has 134 valence electrons. The second-order valence-corrected chi connectivity index (χ2v) is 8.44. The highest BCUT2D eigenvalue weighted by Gasteiger charge is 2.35. The third kappa shape index (κ3) is 3.88. The highest BCUT2D eigenvalue weighted by Crippen LogP contribution is 2.22. The smallest absolute Gasteiger partial charge is 0.280 e. The van der Waals surface area contributed by atoms with Crippen molar-refractivity contribution in [2.24, 2.45) is 0 Å². The van der Waals surface area contributed by atoms with Crippen LogP contribution in [0.25, 0.3) is 0 Å². The lowest BCUT2D eigenvalue weighted by Crippen LogP contribution is -3.19. The number of benzene rings is 1. The van der Waals surface area contributed by atoms with Gasteiger partial charge < -0.3 is 9.80 Å². The predicted molar refractivity (Wildman–Crippen MR) is 89.0 cm³/mol. The molecule has 2 rings (SSSR count).